The zero-order valence-corrected chi connectivity index (χ0v) is 10.3. The molecule has 1 aromatic heterocycles. The molecule has 1 aromatic rings. The van der Waals surface area contributed by atoms with E-state index < -0.39 is 0 Å². The number of rotatable bonds is 6. The molecule has 0 aromatic carbocycles. The van der Waals surface area contributed by atoms with Crippen LogP contribution in [-0.2, 0) is 6.54 Å². The number of nitrogens with zero attached hydrogens (tertiary/aromatic N) is 2. The topological polar surface area (TPSA) is 28.2 Å². The zero-order valence-electron chi connectivity index (χ0n) is 9.49. The Labute approximate surface area is 95.5 Å². The van der Waals surface area contributed by atoms with Crippen LogP contribution in [-0.4, -0.2) is 37.1 Å². The Morgan fingerprint density at radius 3 is 3.07 bits per heavy atom. The number of likely N-dealkylation sites (N-methyl/N-ethyl adjacent to an activating group) is 2. The van der Waals surface area contributed by atoms with Gasteiger partial charge in [-0.15, -0.1) is 11.3 Å². The molecule has 0 saturated heterocycles. The molecule has 0 aliphatic heterocycles. The van der Waals surface area contributed by atoms with Gasteiger partial charge >= 0.3 is 0 Å². The van der Waals surface area contributed by atoms with Gasteiger partial charge in [-0.3, -0.25) is 4.90 Å². The van der Waals surface area contributed by atoms with E-state index in [9.17, 15) is 0 Å². The van der Waals surface area contributed by atoms with Crippen LogP contribution in [0.3, 0.4) is 0 Å². The van der Waals surface area contributed by atoms with E-state index in [1.165, 1.54) is 23.5 Å². The zero-order chi connectivity index (χ0) is 10.7. The van der Waals surface area contributed by atoms with E-state index in [0.29, 0.717) is 0 Å². The lowest BCUT2D eigenvalue weighted by Crippen LogP contribution is -2.27. The fourth-order valence-electron chi connectivity index (χ4n) is 1.57. The lowest BCUT2D eigenvalue weighted by atomic mass is 10.4. The van der Waals surface area contributed by atoms with Crippen molar-refractivity contribution in [3.05, 3.63) is 16.1 Å². The predicted molar refractivity (Wildman–Crippen MR) is 64.3 cm³/mol. The maximum atomic E-state index is 4.68. The minimum absolute atomic E-state index is 0.798. The summed E-state index contributed by atoms with van der Waals surface area (Å²) in [6, 6.07) is 0. The summed E-state index contributed by atoms with van der Waals surface area (Å²) in [5, 5.41) is 6.72. The smallest absolute Gasteiger partial charge is 0.0959 e. The maximum Gasteiger partial charge on any atom is 0.0959 e. The van der Waals surface area contributed by atoms with E-state index in [2.05, 4.69) is 27.6 Å². The average molecular weight is 225 g/mol. The highest BCUT2D eigenvalue weighted by Crippen LogP contribution is 2.41. The van der Waals surface area contributed by atoms with Gasteiger partial charge in [-0.2, -0.15) is 0 Å². The van der Waals surface area contributed by atoms with Gasteiger partial charge in [0.1, 0.15) is 0 Å². The van der Waals surface area contributed by atoms with Gasteiger partial charge in [0.2, 0.25) is 0 Å². The highest BCUT2D eigenvalue weighted by Gasteiger charge is 2.26. The Morgan fingerprint density at radius 2 is 2.40 bits per heavy atom. The van der Waals surface area contributed by atoms with Crippen LogP contribution >= 0.6 is 11.3 Å². The van der Waals surface area contributed by atoms with E-state index in [-0.39, 0.29) is 0 Å². The van der Waals surface area contributed by atoms with Crippen molar-refractivity contribution in [1.29, 1.82) is 0 Å². The van der Waals surface area contributed by atoms with Crippen molar-refractivity contribution < 1.29 is 0 Å². The van der Waals surface area contributed by atoms with Crippen LogP contribution in [0.25, 0.3) is 0 Å². The molecule has 1 aliphatic rings. The first-order valence-electron chi connectivity index (χ1n) is 5.57. The van der Waals surface area contributed by atoms with Crippen LogP contribution in [0.4, 0.5) is 0 Å². The van der Waals surface area contributed by atoms with Crippen LogP contribution in [0, 0.1) is 0 Å². The molecule has 2 rings (SSSR count). The molecule has 1 aliphatic carbocycles. The molecule has 1 heterocycles. The minimum atomic E-state index is 0.798. The average Bonchev–Trinajstić information content (AvgIpc) is 2.98. The molecule has 0 amide bonds. The summed E-state index contributed by atoms with van der Waals surface area (Å²) in [5.74, 6) is 0.798. The molecule has 1 fully saturated rings. The number of hydrogen-bond acceptors (Lipinski definition) is 4. The molecule has 0 spiro atoms. The molecule has 0 atom stereocenters. The summed E-state index contributed by atoms with van der Waals surface area (Å²) < 4.78 is 0. The summed E-state index contributed by atoms with van der Waals surface area (Å²) in [7, 11) is 4.13. The molecule has 1 saturated carbocycles. The first-order chi connectivity index (χ1) is 7.29. The first kappa shape index (κ1) is 11.0. The summed E-state index contributed by atoms with van der Waals surface area (Å²) in [6.45, 7) is 3.09. The Kier molecular flexibility index (Phi) is 3.72. The third kappa shape index (κ3) is 3.26. The quantitative estimate of drug-likeness (QED) is 0.798. The highest BCUT2D eigenvalue weighted by atomic mass is 32.1. The molecular formula is C11H19N3S. The van der Waals surface area contributed by atoms with E-state index in [4.69, 9.17) is 0 Å². The molecule has 3 nitrogen and oxygen atoms in total. The van der Waals surface area contributed by atoms with Crippen LogP contribution in [0.5, 0.6) is 0 Å². The number of hydrogen-bond donors (Lipinski definition) is 1. The standard InChI is InChI=1S/C11H19N3S/c1-12-5-6-14(2)7-10-8-15-11(13-10)9-3-4-9/h8-9,12H,3-7H2,1-2H3. The normalized spacial score (nSPS) is 16.2. The maximum absolute atomic E-state index is 4.68. The fourth-order valence-corrected chi connectivity index (χ4v) is 2.55. The van der Waals surface area contributed by atoms with Crippen molar-refractivity contribution in [3.8, 4) is 0 Å². The second-order valence-corrected chi connectivity index (χ2v) is 5.18. The van der Waals surface area contributed by atoms with E-state index >= 15 is 0 Å². The van der Waals surface area contributed by atoms with Gasteiger partial charge in [-0.25, -0.2) is 4.98 Å². The van der Waals surface area contributed by atoms with Crippen molar-refractivity contribution in [2.24, 2.45) is 0 Å². The van der Waals surface area contributed by atoms with Crippen molar-refractivity contribution in [3.63, 3.8) is 0 Å². The molecule has 84 valence electrons. The van der Waals surface area contributed by atoms with Crippen LogP contribution in [0.2, 0.25) is 0 Å². The van der Waals surface area contributed by atoms with Gasteiger partial charge in [0.15, 0.2) is 0 Å². The molecule has 0 radical (unpaired) electrons. The molecule has 0 unspecified atom stereocenters. The lowest BCUT2D eigenvalue weighted by molar-refractivity contribution is 0.324. The van der Waals surface area contributed by atoms with Crippen LogP contribution < -0.4 is 5.32 Å². The largest absolute Gasteiger partial charge is 0.318 e. The van der Waals surface area contributed by atoms with Gasteiger partial charge in [0.25, 0.3) is 0 Å². The first-order valence-corrected chi connectivity index (χ1v) is 6.45. The van der Waals surface area contributed by atoms with Crippen molar-refractivity contribution in [1.82, 2.24) is 15.2 Å². The van der Waals surface area contributed by atoms with Crippen LogP contribution in [0.15, 0.2) is 5.38 Å². The van der Waals surface area contributed by atoms with Crippen molar-refractivity contribution >= 4 is 11.3 Å². The second-order valence-electron chi connectivity index (χ2n) is 4.29. The predicted octanol–water partition coefficient (Wildman–Crippen LogP) is 1.67. The fraction of sp³-hybridized carbons (Fsp3) is 0.727. The summed E-state index contributed by atoms with van der Waals surface area (Å²) >= 11 is 1.83. The lowest BCUT2D eigenvalue weighted by Gasteiger charge is -2.14. The third-order valence-corrected chi connectivity index (χ3v) is 3.73. The molecule has 15 heavy (non-hydrogen) atoms. The van der Waals surface area contributed by atoms with Gasteiger partial charge in [-0.05, 0) is 26.9 Å². The van der Waals surface area contributed by atoms with Gasteiger partial charge in [0.05, 0.1) is 10.7 Å². The number of thiazole rings is 1. The Morgan fingerprint density at radius 1 is 1.60 bits per heavy atom. The van der Waals surface area contributed by atoms with Crippen molar-refractivity contribution in [2.45, 2.75) is 25.3 Å². The van der Waals surface area contributed by atoms with Gasteiger partial charge in [0, 0.05) is 30.9 Å². The highest BCUT2D eigenvalue weighted by molar-refractivity contribution is 7.09. The summed E-state index contributed by atoms with van der Waals surface area (Å²) in [6.07, 6.45) is 2.70. The van der Waals surface area contributed by atoms with Crippen LogP contribution in [0.1, 0.15) is 29.5 Å². The SMILES string of the molecule is CNCCN(C)Cc1csc(C2CC2)n1. The summed E-state index contributed by atoms with van der Waals surface area (Å²) in [4.78, 5) is 6.98. The Balaban J connectivity index is 1.81. The minimum Gasteiger partial charge on any atom is -0.318 e. The number of nitrogens with one attached hydrogen (secondary N) is 1. The van der Waals surface area contributed by atoms with E-state index in [1.54, 1.807) is 0 Å². The summed E-state index contributed by atoms with van der Waals surface area (Å²) in [5.41, 5.74) is 1.24. The van der Waals surface area contributed by atoms with E-state index in [1.807, 2.05) is 18.4 Å². The van der Waals surface area contributed by atoms with E-state index in [0.717, 1.165) is 25.6 Å². The third-order valence-electron chi connectivity index (χ3n) is 2.67. The molecule has 4 heteroatoms. The molecule has 0 bridgehead atoms. The van der Waals surface area contributed by atoms with Crippen molar-refractivity contribution in [2.75, 3.05) is 27.2 Å². The molecule has 1 N–H and O–H groups in total. The van der Waals surface area contributed by atoms with Gasteiger partial charge < -0.3 is 5.32 Å². The molecular weight excluding hydrogens is 206 g/mol. The monoisotopic (exact) mass is 225 g/mol. The Hall–Kier alpha value is -0.450. The number of aromatic nitrogens is 1. The second kappa shape index (κ2) is 5.05. The van der Waals surface area contributed by atoms with Gasteiger partial charge in [-0.1, -0.05) is 0 Å². The Bertz CT molecular complexity index is 307.